The van der Waals surface area contributed by atoms with Gasteiger partial charge in [0.15, 0.2) is 0 Å². The van der Waals surface area contributed by atoms with Crippen molar-refractivity contribution in [2.75, 3.05) is 33.3 Å². The van der Waals surface area contributed by atoms with Gasteiger partial charge in [-0.05, 0) is 55.0 Å². The van der Waals surface area contributed by atoms with Crippen LogP contribution in [0.3, 0.4) is 0 Å². The number of methoxy groups -OCH3 is 1. The second-order valence-electron chi connectivity index (χ2n) is 7.27. The van der Waals surface area contributed by atoms with Gasteiger partial charge >= 0.3 is 6.03 Å². The third-order valence-electron chi connectivity index (χ3n) is 5.26. The maximum Gasteiger partial charge on any atom is 0.314 e. The van der Waals surface area contributed by atoms with Crippen molar-refractivity contribution >= 4 is 16.1 Å². The van der Waals surface area contributed by atoms with Crippen molar-refractivity contribution in [2.45, 2.75) is 24.2 Å². The minimum atomic E-state index is -3.50. The molecule has 0 unspecified atom stereocenters. The molecule has 1 aliphatic heterocycles. The zero-order chi connectivity index (χ0) is 21.4. The number of carbonyl (C=O) groups excluding carboxylic acids is 1. The molecule has 8 nitrogen and oxygen atoms in total. The van der Waals surface area contributed by atoms with E-state index in [2.05, 4.69) is 15.6 Å². The average molecular weight is 433 g/mol. The second-order valence-corrected chi connectivity index (χ2v) is 9.21. The molecule has 9 heteroatoms. The summed E-state index contributed by atoms with van der Waals surface area (Å²) >= 11 is 0. The van der Waals surface area contributed by atoms with E-state index in [1.807, 2.05) is 24.3 Å². The summed E-state index contributed by atoms with van der Waals surface area (Å²) < 4.78 is 31.9. The van der Waals surface area contributed by atoms with Crippen LogP contribution in [0.25, 0.3) is 0 Å². The highest BCUT2D eigenvalue weighted by Gasteiger charge is 2.29. The highest BCUT2D eigenvalue weighted by atomic mass is 32.2. The first kappa shape index (κ1) is 22.0. The molecule has 2 aromatic rings. The van der Waals surface area contributed by atoms with Gasteiger partial charge in [-0.3, -0.25) is 4.98 Å². The molecular weight excluding hydrogens is 404 g/mol. The lowest BCUT2D eigenvalue weighted by Gasteiger charge is -2.31. The maximum absolute atomic E-state index is 12.6. The van der Waals surface area contributed by atoms with Gasteiger partial charge in [0.2, 0.25) is 10.0 Å². The van der Waals surface area contributed by atoms with E-state index in [9.17, 15) is 13.2 Å². The van der Waals surface area contributed by atoms with Crippen LogP contribution < -0.4 is 15.4 Å². The Labute approximate surface area is 177 Å². The predicted octanol–water partition coefficient (Wildman–Crippen LogP) is 2.03. The third-order valence-corrected chi connectivity index (χ3v) is 7.14. The van der Waals surface area contributed by atoms with Crippen LogP contribution in [0.1, 0.15) is 18.4 Å². The molecular formula is C21H28N4O4S. The Hall–Kier alpha value is -2.65. The normalized spacial score (nSPS) is 15.5. The number of amides is 2. The average Bonchev–Trinajstić information content (AvgIpc) is 2.79. The van der Waals surface area contributed by atoms with Gasteiger partial charge in [-0.15, -0.1) is 0 Å². The summed E-state index contributed by atoms with van der Waals surface area (Å²) in [6, 6.07) is 10.7. The molecule has 0 spiro atoms. The minimum Gasteiger partial charge on any atom is -0.497 e. The van der Waals surface area contributed by atoms with Crippen LogP contribution >= 0.6 is 0 Å². The van der Waals surface area contributed by atoms with E-state index in [-0.39, 0.29) is 16.8 Å². The number of sulfonamides is 1. The fraction of sp³-hybridized carbons (Fsp3) is 0.429. The molecule has 0 aliphatic carbocycles. The molecule has 2 amide bonds. The fourth-order valence-electron chi connectivity index (χ4n) is 3.41. The van der Waals surface area contributed by atoms with Gasteiger partial charge in [-0.1, -0.05) is 12.1 Å². The Morgan fingerprint density at radius 2 is 1.90 bits per heavy atom. The monoisotopic (exact) mass is 432 g/mol. The van der Waals surface area contributed by atoms with E-state index in [4.69, 9.17) is 4.74 Å². The Bertz CT molecular complexity index is 912. The van der Waals surface area contributed by atoms with E-state index in [1.165, 1.54) is 10.5 Å². The first-order valence-corrected chi connectivity index (χ1v) is 11.5. The molecule has 1 aliphatic rings. The summed E-state index contributed by atoms with van der Waals surface area (Å²) in [5.74, 6) is 1.07. The summed E-state index contributed by atoms with van der Waals surface area (Å²) in [6.45, 7) is 1.97. The van der Waals surface area contributed by atoms with Crippen LogP contribution in [0.4, 0.5) is 4.79 Å². The van der Waals surface area contributed by atoms with Crippen LogP contribution in [-0.4, -0.2) is 57.0 Å². The minimum absolute atomic E-state index is 0.200. The highest BCUT2D eigenvalue weighted by molar-refractivity contribution is 7.89. The molecule has 2 N–H and O–H groups in total. The van der Waals surface area contributed by atoms with E-state index in [0.29, 0.717) is 39.0 Å². The third kappa shape index (κ3) is 5.93. The fourth-order valence-corrected chi connectivity index (χ4v) is 4.85. The highest BCUT2D eigenvalue weighted by Crippen LogP contribution is 2.23. The number of benzene rings is 1. The first-order valence-electron chi connectivity index (χ1n) is 10.0. The van der Waals surface area contributed by atoms with Crippen molar-refractivity contribution < 1.29 is 17.9 Å². The summed E-state index contributed by atoms with van der Waals surface area (Å²) in [5, 5.41) is 5.75. The molecule has 1 fully saturated rings. The number of nitrogens with one attached hydrogen (secondary N) is 2. The molecule has 0 saturated carbocycles. The molecule has 1 saturated heterocycles. The van der Waals surface area contributed by atoms with Crippen LogP contribution in [-0.2, 0) is 16.4 Å². The quantitative estimate of drug-likeness (QED) is 0.665. The second kappa shape index (κ2) is 10.4. The van der Waals surface area contributed by atoms with Crippen molar-refractivity contribution in [3.63, 3.8) is 0 Å². The Kier molecular flexibility index (Phi) is 7.64. The zero-order valence-electron chi connectivity index (χ0n) is 17.1. The van der Waals surface area contributed by atoms with Crippen molar-refractivity contribution in [1.29, 1.82) is 0 Å². The van der Waals surface area contributed by atoms with Gasteiger partial charge in [0, 0.05) is 38.6 Å². The number of piperidine rings is 1. The van der Waals surface area contributed by atoms with Crippen LogP contribution in [0.15, 0.2) is 53.7 Å². The van der Waals surface area contributed by atoms with Gasteiger partial charge in [-0.25, -0.2) is 13.2 Å². The molecule has 0 bridgehead atoms. The Morgan fingerprint density at radius 1 is 1.17 bits per heavy atom. The molecule has 1 aromatic carbocycles. The molecule has 3 rings (SSSR count). The van der Waals surface area contributed by atoms with Crippen molar-refractivity contribution in [3.8, 4) is 5.75 Å². The number of aromatic nitrogens is 1. The molecule has 0 atom stereocenters. The molecule has 30 heavy (non-hydrogen) atoms. The lowest BCUT2D eigenvalue weighted by atomic mass is 9.98. The summed E-state index contributed by atoms with van der Waals surface area (Å²) in [4.78, 5) is 16.1. The number of urea groups is 1. The van der Waals surface area contributed by atoms with E-state index < -0.39 is 10.0 Å². The topological polar surface area (TPSA) is 101 Å². The first-order chi connectivity index (χ1) is 14.5. The van der Waals surface area contributed by atoms with Crippen molar-refractivity contribution in [2.24, 2.45) is 5.92 Å². The van der Waals surface area contributed by atoms with Crippen LogP contribution in [0, 0.1) is 5.92 Å². The van der Waals surface area contributed by atoms with Gasteiger partial charge in [-0.2, -0.15) is 4.31 Å². The van der Waals surface area contributed by atoms with Gasteiger partial charge in [0.1, 0.15) is 10.6 Å². The SMILES string of the molecule is COc1ccc(CCNC(=O)NCC2CCN(S(=O)(=O)c3cccnc3)CC2)cc1. The zero-order valence-corrected chi connectivity index (χ0v) is 17.9. The van der Waals surface area contributed by atoms with E-state index in [1.54, 1.807) is 25.4 Å². The van der Waals surface area contributed by atoms with Crippen LogP contribution in [0.5, 0.6) is 5.75 Å². The number of carbonyl (C=O) groups is 1. The summed E-state index contributed by atoms with van der Waals surface area (Å²) in [7, 11) is -1.87. The lowest BCUT2D eigenvalue weighted by molar-refractivity contribution is 0.231. The van der Waals surface area contributed by atoms with E-state index in [0.717, 1.165) is 17.7 Å². The van der Waals surface area contributed by atoms with Gasteiger partial charge in [0.25, 0.3) is 0 Å². The summed E-state index contributed by atoms with van der Waals surface area (Å²) in [6.07, 6.45) is 5.09. The maximum atomic E-state index is 12.6. The largest absolute Gasteiger partial charge is 0.497 e. The lowest BCUT2D eigenvalue weighted by Crippen LogP contribution is -2.43. The number of hydrogen-bond acceptors (Lipinski definition) is 5. The standard InChI is InChI=1S/C21H28N4O4S/c1-29-19-6-4-17(5-7-19)8-12-23-21(26)24-15-18-9-13-25(14-10-18)30(27,28)20-3-2-11-22-16-20/h2-7,11,16,18H,8-10,12-15H2,1H3,(H2,23,24,26). The number of hydrogen-bond donors (Lipinski definition) is 2. The summed E-state index contributed by atoms with van der Waals surface area (Å²) in [5.41, 5.74) is 1.12. The number of pyridine rings is 1. The van der Waals surface area contributed by atoms with Crippen LogP contribution in [0.2, 0.25) is 0 Å². The number of nitrogens with zero attached hydrogens (tertiary/aromatic N) is 2. The van der Waals surface area contributed by atoms with Crippen molar-refractivity contribution in [1.82, 2.24) is 19.9 Å². The molecule has 0 radical (unpaired) electrons. The van der Waals surface area contributed by atoms with Crippen molar-refractivity contribution in [3.05, 3.63) is 54.4 Å². The Balaban J connectivity index is 1.35. The Morgan fingerprint density at radius 3 is 2.53 bits per heavy atom. The van der Waals surface area contributed by atoms with Gasteiger partial charge in [0.05, 0.1) is 7.11 Å². The van der Waals surface area contributed by atoms with E-state index >= 15 is 0 Å². The number of ether oxygens (including phenoxy) is 1. The number of rotatable bonds is 8. The molecule has 2 heterocycles. The van der Waals surface area contributed by atoms with Gasteiger partial charge < -0.3 is 15.4 Å². The smallest absolute Gasteiger partial charge is 0.314 e. The molecule has 162 valence electrons. The predicted molar refractivity (Wildman–Crippen MR) is 114 cm³/mol. The molecule has 1 aromatic heterocycles.